The molecular formula is C18H20N2O3. The molecule has 0 saturated carbocycles. The lowest BCUT2D eigenvalue weighted by Gasteiger charge is -2.08. The molecule has 0 radical (unpaired) electrons. The zero-order valence-corrected chi connectivity index (χ0v) is 13.3. The second kappa shape index (κ2) is 7.98. The molecule has 0 aliphatic carbocycles. The molecule has 0 spiro atoms. The van der Waals surface area contributed by atoms with E-state index in [1.54, 1.807) is 24.3 Å². The van der Waals surface area contributed by atoms with E-state index in [2.05, 4.69) is 15.4 Å². The third-order valence-electron chi connectivity index (χ3n) is 3.36. The normalized spacial score (nSPS) is 10.0. The zero-order chi connectivity index (χ0) is 16.7. The highest BCUT2D eigenvalue weighted by atomic mass is 16.5. The highest BCUT2D eigenvalue weighted by Crippen LogP contribution is 2.06. The number of rotatable bonds is 5. The van der Waals surface area contributed by atoms with Crippen LogP contribution < -0.4 is 10.6 Å². The van der Waals surface area contributed by atoms with Gasteiger partial charge in [-0.3, -0.25) is 0 Å². The lowest BCUT2D eigenvalue weighted by molar-refractivity contribution is 0.0600. The maximum Gasteiger partial charge on any atom is 0.337 e. The predicted octanol–water partition coefficient (Wildman–Crippen LogP) is 2.78. The number of hydrogen-bond donors (Lipinski definition) is 2. The predicted molar refractivity (Wildman–Crippen MR) is 88.0 cm³/mol. The van der Waals surface area contributed by atoms with E-state index in [0.717, 1.165) is 16.7 Å². The van der Waals surface area contributed by atoms with Crippen molar-refractivity contribution in [2.75, 3.05) is 7.11 Å². The van der Waals surface area contributed by atoms with Crippen LogP contribution in [-0.4, -0.2) is 19.1 Å². The number of esters is 1. The van der Waals surface area contributed by atoms with Gasteiger partial charge in [0.1, 0.15) is 0 Å². The highest BCUT2D eigenvalue weighted by molar-refractivity contribution is 5.89. The number of benzene rings is 2. The van der Waals surface area contributed by atoms with Crippen molar-refractivity contribution in [1.82, 2.24) is 10.6 Å². The summed E-state index contributed by atoms with van der Waals surface area (Å²) in [6.45, 7) is 2.89. The number of nitrogens with one attached hydrogen (secondary N) is 2. The summed E-state index contributed by atoms with van der Waals surface area (Å²) < 4.78 is 4.64. The minimum absolute atomic E-state index is 0.233. The monoisotopic (exact) mass is 312 g/mol. The Morgan fingerprint density at radius 1 is 0.957 bits per heavy atom. The third-order valence-corrected chi connectivity index (χ3v) is 3.36. The van der Waals surface area contributed by atoms with Crippen molar-refractivity contribution < 1.29 is 14.3 Å². The van der Waals surface area contributed by atoms with Gasteiger partial charge in [-0.2, -0.15) is 0 Å². The molecule has 0 bridgehead atoms. The number of ether oxygens (including phenoxy) is 1. The molecule has 5 nitrogen and oxygen atoms in total. The summed E-state index contributed by atoms with van der Waals surface area (Å²) >= 11 is 0. The third kappa shape index (κ3) is 5.14. The summed E-state index contributed by atoms with van der Waals surface area (Å²) in [5.74, 6) is -0.375. The summed E-state index contributed by atoms with van der Waals surface area (Å²) in [7, 11) is 1.34. The van der Waals surface area contributed by atoms with Crippen LogP contribution in [0.2, 0.25) is 0 Å². The molecule has 0 fully saturated rings. The molecule has 2 aromatic carbocycles. The van der Waals surface area contributed by atoms with Gasteiger partial charge in [-0.15, -0.1) is 0 Å². The molecule has 2 aromatic rings. The maximum absolute atomic E-state index is 11.8. The fraction of sp³-hybridized carbons (Fsp3) is 0.222. The van der Waals surface area contributed by atoms with Crippen LogP contribution in [0.3, 0.4) is 0 Å². The van der Waals surface area contributed by atoms with Crippen LogP contribution in [0.25, 0.3) is 0 Å². The summed E-state index contributed by atoms with van der Waals surface area (Å²) in [6, 6.07) is 14.7. The van der Waals surface area contributed by atoms with Crippen LogP contribution in [0, 0.1) is 6.92 Å². The molecule has 120 valence electrons. The Labute approximate surface area is 135 Å². The fourth-order valence-corrected chi connectivity index (χ4v) is 2.13. The average Bonchev–Trinajstić information content (AvgIpc) is 2.58. The van der Waals surface area contributed by atoms with Crippen molar-refractivity contribution >= 4 is 12.0 Å². The van der Waals surface area contributed by atoms with Gasteiger partial charge in [0.15, 0.2) is 0 Å². The van der Waals surface area contributed by atoms with E-state index in [-0.39, 0.29) is 12.0 Å². The van der Waals surface area contributed by atoms with Gasteiger partial charge in [0.25, 0.3) is 0 Å². The van der Waals surface area contributed by atoms with Crippen molar-refractivity contribution in [3.8, 4) is 0 Å². The van der Waals surface area contributed by atoms with Crippen molar-refractivity contribution in [3.05, 3.63) is 70.8 Å². The lowest BCUT2D eigenvalue weighted by atomic mass is 10.1. The first-order chi connectivity index (χ1) is 11.1. The van der Waals surface area contributed by atoms with Crippen molar-refractivity contribution in [2.24, 2.45) is 0 Å². The van der Waals surface area contributed by atoms with Gasteiger partial charge >= 0.3 is 12.0 Å². The molecule has 2 N–H and O–H groups in total. The number of carbonyl (C=O) groups excluding carboxylic acids is 2. The topological polar surface area (TPSA) is 67.4 Å². The van der Waals surface area contributed by atoms with Gasteiger partial charge in [0, 0.05) is 13.1 Å². The number of urea groups is 1. The molecule has 0 aliphatic rings. The molecule has 5 heteroatoms. The van der Waals surface area contributed by atoms with E-state index in [1.165, 1.54) is 7.11 Å². The Bertz CT molecular complexity index is 681. The number of aryl methyl sites for hydroxylation is 1. The first-order valence-electron chi connectivity index (χ1n) is 7.33. The van der Waals surface area contributed by atoms with E-state index in [4.69, 9.17) is 0 Å². The molecule has 0 atom stereocenters. The van der Waals surface area contributed by atoms with Gasteiger partial charge in [-0.1, -0.05) is 42.0 Å². The largest absolute Gasteiger partial charge is 0.465 e. The van der Waals surface area contributed by atoms with Crippen LogP contribution >= 0.6 is 0 Å². The van der Waals surface area contributed by atoms with Gasteiger partial charge in [0.2, 0.25) is 0 Å². The Kier molecular flexibility index (Phi) is 5.74. The molecule has 0 unspecified atom stereocenters. The van der Waals surface area contributed by atoms with Crippen LogP contribution in [0.15, 0.2) is 48.5 Å². The minimum atomic E-state index is -0.375. The van der Waals surface area contributed by atoms with Crippen LogP contribution in [-0.2, 0) is 17.8 Å². The first kappa shape index (κ1) is 16.5. The number of carbonyl (C=O) groups is 2. The number of methoxy groups -OCH3 is 1. The molecule has 2 rings (SSSR count). The standard InChI is InChI=1S/C18H20N2O3/c1-13-4-3-5-15(10-13)12-20-18(22)19-11-14-6-8-16(9-7-14)17(21)23-2/h3-10H,11-12H2,1-2H3,(H2,19,20,22). The van der Waals surface area contributed by atoms with Gasteiger partial charge in [-0.25, -0.2) is 9.59 Å². The smallest absolute Gasteiger partial charge is 0.337 e. The van der Waals surface area contributed by atoms with E-state index in [0.29, 0.717) is 18.7 Å². The number of amides is 2. The van der Waals surface area contributed by atoms with Gasteiger partial charge in [-0.05, 0) is 30.2 Å². The first-order valence-corrected chi connectivity index (χ1v) is 7.33. The maximum atomic E-state index is 11.8. The Morgan fingerprint density at radius 2 is 1.61 bits per heavy atom. The summed E-state index contributed by atoms with van der Waals surface area (Å²) in [5, 5.41) is 5.59. The summed E-state index contributed by atoms with van der Waals surface area (Å²) in [6.07, 6.45) is 0. The number of hydrogen-bond acceptors (Lipinski definition) is 3. The fourth-order valence-electron chi connectivity index (χ4n) is 2.13. The quantitative estimate of drug-likeness (QED) is 0.834. The van der Waals surface area contributed by atoms with Crippen molar-refractivity contribution in [3.63, 3.8) is 0 Å². The molecule has 0 saturated heterocycles. The molecule has 0 aromatic heterocycles. The highest BCUT2D eigenvalue weighted by Gasteiger charge is 2.05. The van der Waals surface area contributed by atoms with Crippen LogP contribution in [0.1, 0.15) is 27.0 Å². The SMILES string of the molecule is COC(=O)c1ccc(CNC(=O)NCc2cccc(C)c2)cc1. The second-order valence-electron chi connectivity index (χ2n) is 5.21. The van der Waals surface area contributed by atoms with E-state index >= 15 is 0 Å². The lowest BCUT2D eigenvalue weighted by Crippen LogP contribution is -2.34. The molecule has 2 amide bonds. The average molecular weight is 312 g/mol. The Hall–Kier alpha value is -2.82. The molecular weight excluding hydrogens is 292 g/mol. The zero-order valence-electron chi connectivity index (χ0n) is 13.3. The van der Waals surface area contributed by atoms with Crippen LogP contribution in [0.5, 0.6) is 0 Å². The Morgan fingerprint density at radius 3 is 2.22 bits per heavy atom. The van der Waals surface area contributed by atoms with E-state index in [1.807, 2.05) is 31.2 Å². The Balaban J connectivity index is 1.79. The summed E-state index contributed by atoms with van der Waals surface area (Å²) in [4.78, 5) is 23.1. The van der Waals surface area contributed by atoms with Gasteiger partial charge in [0.05, 0.1) is 12.7 Å². The van der Waals surface area contributed by atoms with Crippen molar-refractivity contribution in [1.29, 1.82) is 0 Å². The second-order valence-corrected chi connectivity index (χ2v) is 5.21. The van der Waals surface area contributed by atoms with Crippen molar-refractivity contribution in [2.45, 2.75) is 20.0 Å². The summed E-state index contributed by atoms with van der Waals surface area (Å²) in [5.41, 5.74) is 3.61. The molecule has 23 heavy (non-hydrogen) atoms. The van der Waals surface area contributed by atoms with E-state index < -0.39 is 0 Å². The van der Waals surface area contributed by atoms with Gasteiger partial charge < -0.3 is 15.4 Å². The van der Waals surface area contributed by atoms with E-state index in [9.17, 15) is 9.59 Å². The minimum Gasteiger partial charge on any atom is -0.465 e. The molecule has 0 heterocycles. The molecule has 0 aliphatic heterocycles. The van der Waals surface area contributed by atoms with Crippen LogP contribution in [0.4, 0.5) is 4.79 Å².